The molecule has 0 unspecified atom stereocenters. The first kappa shape index (κ1) is 21.0. The van der Waals surface area contributed by atoms with E-state index in [0.717, 1.165) is 16.8 Å². The quantitative estimate of drug-likeness (QED) is 0.405. The first-order valence-electron chi connectivity index (χ1n) is 9.46. The molecule has 4 aromatic rings. The Labute approximate surface area is 188 Å². The minimum Gasteiger partial charge on any atom is -0.459 e. The maximum absolute atomic E-state index is 12.3. The van der Waals surface area contributed by atoms with Gasteiger partial charge in [0.2, 0.25) is 5.91 Å². The SMILES string of the molecule is O=C(CSc1ncc(-c2ccc(Cl)cc2)n1Cc1ccccc1)NC(=O)c1ccco1. The highest BCUT2D eigenvalue weighted by molar-refractivity contribution is 7.99. The van der Waals surface area contributed by atoms with Crippen LogP contribution in [0.5, 0.6) is 0 Å². The molecule has 156 valence electrons. The molecular weight excluding hydrogens is 434 g/mol. The fourth-order valence-corrected chi connectivity index (χ4v) is 3.91. The van der Waals surface area contributed by atoms with Crippen molar-refractivity contribution in [3.8, 4) is 11.3 Å². The van der Waals surface area contributed by atoms with Gasteiger partial charge < -0.3 is 8.98 Å². The summed E-state index contributed by atoms with van der Waals surface area (Å²) in [5.74, 6) is -0.856. The molecule has 2 aromatic heterocycles. The van der Waals surface area contributed by atoms with E-state index in [1.807, 2.05) is 59.2 Å². The molecule has 0 bridgehead atoms. The normalized spacial score (nSPS) is 10.7. The Morgan fingerprint density at radius 3 is 2.52 bits per heavy atom. The summed E-state index contributed by atoms with van der Waals surface area (Å²) in [6.07, 6.45) is 3.16. The number of hydrogen-bond donors (Lipinski definition) is 1. The lowest BCUT2D eigenvalue weighted by molar-refractivity contribution is -0.117. The van der Waals surface area contributed by atoms with Crippen LogP contribution in [0.1, 0.15) is 16.1 Å². The number of aromatic nitrogens is 2. The molecule has 2 aromatic carbocycles. The Kier molecular flexibility index (Phi) is 6.54. The zero-order chi connectivity index (χ0) is 21.6. The molecule has 4 rings (SSSR count). The summed E-state index contributed by atoms with van der Waals surface area (Å²) < 4.78 is 7.05. The third-order valence-electron chi connectivity index (χ3n) is 4.47. The Balaban J connectivity index is 1.53. The summed E-state index contributed by atoms with van der Waals surface area (Å²) in [5, 5.41) is 3.66. The van der Waals surface area contributed by atoms with Crippen molar-refractivity contribution in [3.05, 3.63) is 95.5 Å². The van der Waals surface area contributed by atoms with Crippen LogP contribution >= 0.6 is 23.4 Å². The van der Waals surface area contributed by atoms with E-state index in [0.29, 0.717) is 16.7 Å². The number of rotatable bonds is 7. The molecule has 8 heteroatoms. The van der Waals surface area contributed by atoms with Gasteiger partial charge >= 0.3 is 0 Å². The number of nitrogens with one attached hydrogen (secondary N) is 1. The number of benzene rings is 2. The van der Waals surface area contributed by atoms with E-state index in [2.05, 4.69) is 10.3 Å². The largest absolute Gasteiger partial charge is 0.459 e. The Morgan fingerprint density at radius 2 is 1.81 bits per heavy atom. The number of thioether (sulfide) groups is 1. The third-order valence-corrected chi connectivity index (χ3v) is 5.72. The average Bonchev–Trinajstić information content (AvgIpc) is 3.44. The average molecular weight is 452 g/mol. The molecule has 1 N–H and O–H groups in total. The molecule has 0 fully saturated rings. The highest BCUT2D eigenvalue weighted by Crippen LogP contribution is 2.28. The predicted octanol–water partition coefficient (Wildman–Crippen LogP) is 4.89. The van der Waals surface area contributed by atoms with Gasteiger partial charge in [0.05, 0.1) is 30.5 Å². The van der Waals surface area contributed by atoms with Gasteiger partial charge in [0.15, 0.2) is 10.9 Å². The first-order chi connectivity index (χ1) is 15.1. The second kappa shape index (κ2) is 9.68. The van der Waals surface area contributed by atoms with Gasteiger partial charge in [-0.2, -0.15) is 0 Å². The number of imide groups is 1. The first-order valence-corrected chi connectivity index (χ1v) is 10.8. The van der Waals surface area contributed by atoms with Crippen molar-refractivity contribution in [1.29, 1.82) is 0 Å². The number of imidazole rings is 1. The van der Waals surface area contributed by atoms with Crippen LogP contribution in [0.15, 0.2) is 88.8 Å². The molecule has 31 heavy (non-hydrogen) atoms. The van der Waals surface area contributed by atoms with Crippen molar-refractivity contribution in [2.75, 3.05) is 5.75 Å². The lowest BCUT2D eigenvalue weighted by atomic mass is 10.1. The molecule has 0 spiro atoms. The van der Waals surface area contributed by atoms with Crippen LogP contribution in [-0.4, -0.2) is 27.1 Å². The van der Waals surface area contributed by atoms with Crippen molar-refractivity contribution < 1.29 is 14.0 Å². The van der Waals surface area contributed by atoms with Crippen molar-refractivity contribution in [1.82, 2.24) is 14.9 Å². The third kappa shape index (κ3) is 5.25. The van der Waals surface area contributed by atoms with E-state index in [-0.39, 0.29) is 11.5 Å². The van der Waals surface area contributed by atoms with E-state index in [9.17, 15) is 9.59 Å². The van der Waals surface area contributed by atoms with Crippen LogP contribution in [0.25, 0.3) is 11.3 Å². The van der Waals surface area contributed by atoms with E-state index in [4.69, 9.17) is 16.0 Å². The molecule has 0 atom stereocenters. The van der Waals surface area contributed by atoms with E-state index in [1.54, 1.807) is 12.3 Å². The van der Waals surface area contributed by atoms with Gasteiger partial charge in [-0.25, -0.2) is 4.98 Å². The smallest absolute Gasteiger partial charge is 0.293 e. The number of hydrogen-bond acceptors (Lipinski definition) is 5. The zero-order valence-corrected chi connectivity index (χ0v) is 17.9. The van der Waals surface area contributed by atoms with Gasteiger partial charge in [-0.15, -0.1) is 0 Å². The molecule has 0 aliphatic rings. The lowest BCUT2D eigenvalue weighted by Gasteiger charge is -2.12. The van der Waals surface area contributed by atoms with E-state index >= 15 is 0 Å². The van der Waals surface area contributed by atoms with Crippen LogP contribution in [0, 0.1) is 0 Å². The number of carbonyl (C=O) groups is 2. The minimum atomic E-state index is -0.565. The number of nitrogens with zero attached hydrogens (tertiary/aromatic N) is 2. The fourth-order valence-electron chi connectivity index (χ4n) is 3.01. The molecule has 0 saturated carbocycles. The predicted molar refractivity (Wildman–Crippen MR) is 120 cm³/mol. The molecular formula is C23H18ClN3O3S. The van der Waals surface area contributed by atoms with Crippen LogP contribution in [0.3, 0.4) is 0 Å². The van der Waals surface area contributed by atoms with Crippen LogP contribution in [0.2, 0.25) is 5.02 Å². The van der Waals surface area contributed by atoms with Gasteiger partial charge in [-0.3, -0.25) is 14.9 Å². The van der Waals surface area contributed by atoms with E-state index in [1.165, 1.54) is 24.1 Å². The molecule has 2 amide bonds. The summed E-state index contributed by atoms with van der Waals surface area (Å²) in [6, 6.07) is 20.6. The van der Waals surface area contributed by atoms with Gasteiger partial charge in [-0.05, 0) is 35.4 Å². The second-order valence-corrected chi connectivity index (χ2v) is 8.03. The highest BCUT2D eigenvalue weighted by atomic mass is 35.5. The van der Waals surface area contributed by atoms with Crippen molar-refractivity contribution in [3.63, 3.8) is 0 Å². The van der Waals surface area contributed by atoms with Crippen LogP contribution in [-0.2, 0) is 11.3 Å². The molecule has 6 nitrogen and oxygen atoms in total. The summed E-state index contributed by atoms with van der Waals surface area (Å²) in [7, 11) is 0. The van der Waals surface area contributed by atoms with Gasteiger partial charge in [-0.1, -0.05) is 65.8 Å². The fraction of sp³-hybridized carbons (Fsp3) is 0.0870. The van der Waals surface area contributed by atoms with Gasteiger partial charge in [0.25, 0.3) is 5.91 Å². The van der Waals surface area contributed by atoms with Crippen LogP contribution in [0.4, 0.5) is 0 Å². The zero-order valence-electron chi connectivity index (χ0n) is 16.3. The molecule has 0 radical (unpaired) electrons. The number of carbonyl (C=O) groups excluding carboxylic acids is 2. The molecule has 2 heterocycles. The maximum atomic E-state index is 12.3. The Bertz CT molecular complexity index is 1170. The number of amides is 2. The molecule has 0 saturated heterocycles. The van der Waals surface area contributed by atoms with Crippen molar-refractivity contribution in [2.24, 2.45) is 0 Å². The minimum absolute atomic E-state index is 0.0400. The lowest BCUT2D eigenvalue weighted by Crippen LogP contribution is -2.31. The summed E-state index contributed by atoms with van der Waals surface area (Å²) in [4.78, 5) is 28.8. The monoisotopic (exact) mass is 451 g/mol. The number of furan rings is 1. The standard InChI is InChI=1S/C23H18ClN3O3S/c24-18-10-8-17(9-11-18)19-13-25-23(27(19)14-16-5-2-1-3-6-16)31-15-21(28)26-22(29)20-7-4-12-30-20/h1-13H,14-15H2,(H,26,28,29). The maximum Gasteiger partial charge on any atom is 0.293 e. The van der Waals surface area contributed by atoms with Crippen LogP contribution < -0.4 is 5.32 Å². The van der Waals surface area contributed by atoms with Crippen molar-refractivity contribution >= 4 is 35.2 Å². The topological polar surface area (TPSA) is 77.1 Å². The number of halogens is 1. The van der Waals surface area contributed by atoms with E-state index < -0.39 is 11.8 Å². The van der Waals surface area contributed by atoms with Crippen molar-refractivity contribution in [2.45, 2.75) is 11.7 Å². The Morgan fingerprint density at radius 1 is 1.03 bits per heavy atom. The molecule has 0 aliphatic carbocycles. The summed E-state index contributed by atoms with van der Waals surface area (Å²) in [5.41, 5.74) is 2.99. The van der Waals surface area contributed by atoms with Gasteiger partial charge in [0.1, 0.15) is 0 Å². The Hall–Kier alpha value is -3.29. The summed E-state index contributed by atoms with van der Waals surface area (Å²) >= 11 is 7.29. The van der Waals surface area contributed by atoms with Gasteiger partial charge in [0, 0.05) is 5.02 Å². The summed E-state index contributed by atoms with van der Waals surface area (Å²) in [6.45, 7) is 0.591. The highest BCUT2D eigenvalue weighted by Gasteiger charge is 2.17. The second-order valence-electron chi connectivity index (χ2n) is 6.65. The molecule has 0 aliphatic heterocycles.